The lowest BCUT2D eigenvalue weighted by Gasteiger charge is -2.13. The van der Waals surface area contributed by atoms with Gasteiger partial charge in [-0.25, -0.2) is 0 Å². The Morgan fingerprint density at radius 2 is 1.69 bits per heavy atom. The quantitative estimate of drug-likeness (QED) is 0.667. The number of benzene rings is 2. The Bertz CT molecular complexity index is 931. The van der Waals surface area contributed by atoms with Crippen LogP contribution in [0, 0.1) is 20.8 Å². The number of carbonyl (C=O) groups is 2. The molecule has 0 bridgehead atoms. The van der Waals surface area contributed by atoms with Gasteiger partial charge in [0.25, 0.3) is 0 Å². The van der Waals surface area contributed by atoms with Crippen LogP contribution in [0.15, 0.2) is 30.3 Å². The third kappa shape index (κ3) is 5.99. The molecule has 29 heavy (non-hydrogen) atoms. The largest absolute Gasteiger partial charge is 0.493 e. The topological polar surface area (TPSA) is 76.7 Å². The van der Waals surface area contributed by atoms with Crippen LogP contribution in [0.4, 0.5) is 5.69 Å². The first-order valence-electron chi connectivity index (χ1n) is 9.00. The summed E-state index contributed by atoms with van der Waals surface area (Å²) in [6.45, 7) is 5.74. The Morgan fingerprint density at radius 3 is 2.28 bits per heavy atom. The number of anilines is 1. The number of halogens is 1. The van der Waals surface area contributed by atoms with Crippen LogP contribution in [-0.4, -0.2) is 32.6 Å². The molecule has 6 nitrogen and oxygen atoms in total. The molecule has 0 saturated carbocycles. The molecule has 2 aromatic rings. The van der Waals surface area contributed by atoms with Gasteiger partial charge in [0, 0.05) is 11.8 Å². The molecule has 2 rings (SSSR count). The van der Waals surface area contributed by atoms with Gasteiger partial charge in [-0.3, -0.25) is 9.59 Å². The average Bonchev–Trinajstić information content (AvgIpc) is 2.66. The molecule has 0 aliphatic carbocycles. The standard InChI is InChI=1S/C22H25ClN2O4/c1-13-8-14(2)21(15(3)9-13)25-20(27)12-24-19(26)7-6-16-10-17(23)22(29-5)18(11-16)28-4/h6-11H,12H2,1-5H3,(H,24,26)(H,25,27)/b7-6+. The van der Waals surface area contributed by atoms with Gasteiger partial charge in [0.1, 0.15) is 0 Å². The van der Waals surface area contributed by atoms with Gasteiger partial charge in [0.15, 0.2) is 11.5 Å². The van der Waals surface area contributed by atoms with E-state index in [4.69, 9.17) is 21.1 Å². The van der Waals surface area contributed by atoms with Gasteiger partial charge >= 0.3 is 0 Å². The van der Waals surface area contributed by atoms with Crippen molar-refractivity contribution < 1.29 is 19.1 Å². The fourth-order valence-corrected chi connectivity index (χ4v) is 3.29. The molecule has 0 fully saturated rings. The van der Waals surface area contributed by atoms with Crippen molar-refractivity contribution in [3.8, 4) is 11.5 Å². The number of methoxy groups -OCH3 is 2. The van der Waals surface area contributed by atoms with Crippen molar-refractivity contribution in [1.82, 2.24) is 5.32 Å². The van der Waals surface area contributed by atoms with Crippen LogP contribution in [0.3, 0.4) is 0 Å². The molecule has 0 radical (unpaired) electrons. The number of rotatable bonds is 7. The lowest BCUT2D eigenvalue weighted by atomic mass is 10.1. The van der Waals surface area contributed by atoms with E-state index in [0.717, 1.165) is 22.4 Å². The lowest BCUT2D eigenvalue weighted by molar-refractivity contribution is -0.121. The van der Waals surface area contributed by atoms with Crippen LogP contribution in [0.25, 0.3) is 6.08 Å². The lowest BCUT2D eigenvalue weighted by Crippen LogP contribution is -2.32. The second kappa shape index (κ2) is 9.98. The SMILES string of the molecule is COc1cc(/C=C/C(=O)NCC(=O)Nc2c(C)cc(C)cc2C)cc(Cl)c1OC. The number of amides is 2. The normalized spacial score (nSPS) is 10.7. The van der Waals surface area contributed by atoms with Crippen molar-refractivity contribution in [2.45, 2.75) is 20.8 Å². The molecule has 2 amide bonds. The van der Waals surface area contributed by atoms with E-state index in [1.165, 1.54) is 20.3 Å². The van der Waals surface area contributed by atoms with Crippen LogP contribution >= 0.6 is 11.6 Å². The number of nitrogens with one attached hydrogen (secondary N) is 2. The number of hydrogen-bond donors (Lipinski definition) is 2. The Labute approximate surface area is 175 Å². The first kappa shape index (κ1) is 22.3. The average molecular weight is 417 g/mol. The fourth-order valence-electron chi connectivity index (χ4n) is 2.99. The van der Waals surface area contributed by atoms with E-state index in [1.807, 2.05) is 32.9 Å². The molecule has 2 N–H and O–H groups in total. The summed E-state index contributed by atoms with van der Waals surface area (Å²) in [4.78, 5) is 24.2. The predicted octanol–water partition coefficient (Wildman–Crippen LogP) is 4.05. The summed E-state index contributed by atoms with van der Waals surface area (Å²) in [6, 6.07) is 7.35. The highest BCUT2D eigenvalue weighted by atomic mass is 35.5. The summed E-state index contributed by atoms with van der Waals surface area (Å²) in [5.74, 6) is 0.191. The van der Waals surface area contributed by atoms with Crippen molar-refractivity contribution in [2.24, 2.45) is 0 Å². The van der Waals surface area contributed by atoms with E-state index in [1.54, 1.807) is 18.2 Å². The van der Waals surface area contributed by atoms with Gasteiger partial charge in [-0.2, -0.15) is 0 Å². The maximum atomic E-state index is 12.2. The van der Waals surface area contributed by atoms with Crippen molar-refractivity contribution >= 4 is 35.2 Å². The summed E-state index contributed by atoms with van der Waals surface area (Å²) in [6.07, 6.45) is 2.91. The molecular formula is C22H25ClN2O4. The van der Waals surface area contributed by atoms with Gasteiger partial charge in [-0.1, -0.05) is 29.3 Å². The van der Waals surface area contributed by atoms with E-state index in [9.17, 15) is 9.59 Å². The second-order valence-electron chi connectivity index (χ2n) is 6.61. The summed E-state index contributed by atoms with van der Waals surface area (Å²) >= 11 is 6.15. The van der Waals surface area contributed by atoms with Gasteiger partial charge < -0.3 is 20.1 Å². The second-order valence-corrected chi connectivity index (χ2v) is 7.02. The molecule has 0 spiro atoms. The molecule has 0 aromatic heterocycles. The number of hydrogen-bond acceptors (Lipinski definition) is 4. The number of carbonyl (C=O) groups excluding carboxylic acids is 2. The van der Waals surface area contributed by atoms with Crippen LogP contribution in [0.2, 0.25) is 5.02 Å². The highest BCUT2D eigenvalue weighted by Gasteiger charge is 2.11. The Kier molecular flexibility index (Phi) is 7.67. The monoisotopic (exact) mass is 416 g/mol. The molecule has 154 valence electrons. The highest BCUT2D eigenvalue weighted by molar-refractivity contribution is 6.32. The van der Waals surface area contributed by atoms with E-state index in [0.29, 0.717) is 22.1 Å². The first-order chi connectivity index (χ1) is 13.7. The molecular weight excluding hydrogens is 392 g/mol. The molecule has 0 unspecified atom stereocenters. The molecule has 2 aromatic carbocycles. The van der Waals surface area contributed by atoms with Gasteiger partial charge in [0.2, 0.25) is 11.8 Å². The Balaban J connectivity index is 1.96. The van der Waals surface area contributed by atoms with Gasteiger partial charge in [-0.15, -0.1) is 0 Å². The van der Waals surface area contributed by atoms with E-state index in [-0.39, 0.29) is 12.5 Å². The van der Waals surface area contributed by atoms with E-state index < -0.39 is 5.91 Å². The minimum atomic E-state index is -0.400. The van der Waals surface area contributed by atoms with E-state index in [2.05, 4.69) is 10.6 Å². The van der Waals surface area contributed by atoms with Crippen molar-refractivity contribution in [3.05, 3.63) is 57.6 Å². The van der Waals surface area contributed by atoms with Crippen LogP contribution < -0.4 is 20.1 Å². The third-order valence-electron chi connectivity index (χ3n) is 4.25. The van der Waals surface area contributed by atoms with Crippen molar-refractivity contribution in [1.29, 1.82) is 0 Å². The summed E-state index contributed by atoms with van der Waals surface area (Å²) in [5, 5.41) is 5.78. The van der Waals surface area contributed by atoms with Gasteiger partial charge in [-0.05, 0) is 55.7 Å². The van der Waals surface area contributed by atoms with Crippen LogP contribution in [0.5, 0.6) is 11.5 Å². The highest BCUT2D eigenvalue weighted by Crippen LogP contribution is 2.36. The maximum absolute atomic E-state index is 12.2. The van der Waals surface area contributed by atoms with Gasteiger partial charge in [0.05, 0.1) is 25.8 Å². The van der Waals surface area contributed by atoms with E-state index >= 15 is 0 Å². The zero-order chi connectivity index (χ0) is 21.6. The molecule has 0 aliphatic rings. The summed E-state index contributed by atoms with van der Waals surface area (Å²) in [7, 11) is 3.00. The van der Waals surface area contributed by atoms with Crippen LogP contribution in [-0.2, 0) is 9.59 Å². The molecule has 0 saturated heterocycles. The first-order valence-corrected chi connectivity index (χ1v) is 9.38. The van der Waals surface area contributed by atoms with Crippen LogP contribution in [0.1, 0.15) is 22.3 Å². The fraction of sp³-hybridized carbons (Fsp3) is 0.273. The minimum absolute atomic E-state index is 0.136. The Morgan fingerprint density at radius 1 is 1.03 bits per heavy atom. The maximum Gasteiger partial charge on any atom is 0.244 e. The summed E-state index contributed by atoms with van der Waals surface area (Å²) in [5.41, 5.74) is 4.52. The van der Waals surface area contributed by atoms with Crippen molar-refractivity contribution in [2.75, 3.05) is 26.1 Å². The smallest absolute Gasteiger partial charge is 0.244 e. The molecule has 0 aliphatic heterocycles. The zero-order valence-electron chi connectivity index (χ0n) is 17.2. The van der Waals surface area contributed by atoms with Crippen molar-refractivity contribution in [3.63, 3.8) is 0 Å². The Hall–Kier alpha value is -2.99. The summed E-state index contributed by atoms with van der Waals surface area (Å²) < 4.78 is 10.4. The third-order valence-corrected chi connectivity index (χ3v) is 4.53. The zero-order valence-corrected chi connectivity index (χ0v) is 17.9. The number of ether oxygens (including phenoxy) is 2. The minimum Gasteiger partial charge on any atom is -0.493 e. The predicted molar refractivity (Wildman–Crippen MR) is 116 cm³/mol. The molecule has 7 heteroatoms. The number of aryl methyl sites for hydroxylation is 3. The molecule has 0 atom stereocenters. The molecule has 0 heterocycles.